The summed E-state index contributed by atoms with van der Waals surface area (Å²) in [6.07, 6.45) is 3.59. The molecule has 2 aromatic heterocycles. The largest absolute Gasteiger partial charge is 0.368 e. The molecule has 0 spiro atoms. The van der Waals surface area contributed by atoms with Gasteiger partial charge in [0.05, 0.1) is 0 Å². The predicted molar refractivity (Wildman–Crippen MR) is 56.3 cm³/mol. The maximum Gasteiger partial charge on any atom is 0.153 e. The van der Waals surface area contributed by atoms with Gasteiger partial charge in [-0.25, -0.2) is 9.50 Å². The van der Waals surface area contributed by atoms with Crippen LogP contribution in [0.25, 0.3) is 5.65 Å². The molecular formula is C10H14N4. The van der Waals surface area contributed by atoms with Crippen LogP contribution in [0.3, 0.4) is 0 Å². The van der Waals surface area contributed by atoms with Crippen molar-refractivity contribution in [3.8, 4) is 0 Å². The molecule has 0 aliphatic carbocycles. The number of nitrogens with one attached hydrogen (secondary N) is 1. The van der Waals surface area contributed by atoms with Crippen molar-refractivity contribution in [2.45, 2.75) is 13.8 Å². The minimum Gasteiger partial charge on any atom is -0.368 e. The van der Waals surface area contributed by atoms with Gasteiger partial charge in [0, 0.05) is 18.9 Å². The Morgan fingerprint density at radius 2 is 2.29 bits per heavy atom. The molecule has 0 bridgehead atoms. The van der Waals surface area contributed by atoms with Crippen molar-refractivity contribution in [2.24, 2.45) is 5.92 Å². The van der Waals surface area contributed by atoms with Crippen molar-refractivity contribution in [3.05, 3.63) is 24.5 Å². The van der Waals surface area contributed by atoms with Crippen LogP contribution in [0.2, 0.25) is 0 Å². The molecule has 4 nitrogen and oxygen atoms in total. The fourth-order valence-corrected chi connectivity index (χ4v) is 1.22. The van der Waals surface area contributed by atoms with E-state index in [-0.39, 0.29) is 0 Å². The molecule has 0 fully saturated rings. The minimum absolute atomic E-state index is 0.621. The zero-order valence-corrected chi connectivity index (χ0v) is 8.44. The second kappa shape index (κ2) is 3.65. The Kier molecular flexibility index (Phi) is 2.35. The van der Waals surface area contributed by atoms with Crippen molar-refractivity contribution in [1.82, 2.24) is 14.6 Å². The molecule has 2 rings (SSSR count). The van der Waals surface area contributed by atoms with E-state index in [1.807, 2.05) is 18.3 Å². The van der Waals surface area contributed by atoms with Gasteiger partial charge in [0.25, 0.3) is 0 Å². The standard InChI is InChI=1S/C10H14N4/c1-8(2)7-12-9-3-4-10-11-5-6-14(10)13-9/h3-6,8H,7H2,1-2H3,(H,12,13). The number of fused-ring (bicyclic) bond motifs is 1. The molecule has 0 aromatic carbocycles. The minimum atomic E-state index is 0.621. The molecule has 0 atom stereocenters. The molecule has 0 aliphatic heterocycles. The molecule has 0 saturated heterocycles. The van der Waals surface area contributed by atoms with E-state index in [2.05, 4.69) is 29.2 Å². The van der Waals surface area contributed by atoms with Gasteiger partial charge in [-0.1, -0.05) is 13.8 Å². The highest BCUT2D eigenvalue weighted by Crippen LogP contribution is 2.05. The lowest BCUT2D eigenvalue weighted by Gasteiger charge is -2.07. The molecule has 0 unspecified atom stereocenters. The second-order valence-corrected chi connectivity index (χ2v) is 3.72. The van der Waals surface area contributed by atoms with Crippen LogP contribution < -0.4 is 5.32 Å². The molecule has 0 aliphatic rings. The van der Waals surface area contributed by atoms with Gasteiger partial charge in [0.1, 0.15) is 5.82 Å². The lowest BCUT2D eigenvalue weighted by molar-refractivity contribution is 0.685. The lowest BCUT2D eigenvalue weighted by Crippen LogP contribution is -2.10. The lowest BCUT2D eigenvalue weighted by atomic mass is 10.2. The van der Waals surface area contributed by atoms with Crippen LogP contribution in [0.15, 0.2) is 24.5 Å². The monoisotopic (exact) mass is 190 g/mol. The first-order chi connectivity index (χ1) is 6.75. The number of imidazole rings is 1. The molecule has 4 heteroatoms. The van der Waals surface area contributed by atoms with Gasteiger partial charge in [-0.05, 0) is 18.1 Å². The van der Waals surface area contributed by atoms with Crippen LogP contribution in [0.1, 0.15) is 13.8 Å². The molecule has 74 valence electrons. The van der Waals surface area contributed by atoms with Gasteiger partial charge in [0.2, 0.25) is 0 Å². The van der Waals surface area contributed by atoms with Gasteiger partial charge in [-0.15, -0.1) is 5.10 Å². The van der Waals surface area contributed by atoms with Crippen molar-refractivity contribution >= 4 is 11.5 Å². The Balaban J connectivity index is 2.17. The summed E-state index contributed by atoms with van der Waals surface area (Å²) in [7, 11) is 0. The maximum absolute atomic E-state index is 4.35. The van der Waals surface area contributed by atoms with Crippen LogP contribution in [-0.2, 0) is 0 Å². The summed E-state index contributed by atoms with van der Waals surface area (Å²) in [5.74, 6) is 1.51. The molecule has 2 heterocycles. The SMILES string of the molecule is CC(C)CNc1ccc2nccn2n1. The van der Waals surface area contributed by atoms with Crippen LogP contribution >= 0.6 is 0 Å². The average Bonchev–Trinajstić information content (AvgIpc) is 2.61. The van der Waals surface area contributed by atoms with Crippen LogP contribution in [0.4, 0.5) is 5.82 Å². The van der Waals surface area contributed by atoms with E-state index < -0.39 is 0 Å². The van der Waals surface area contributed by atoms with Gasteiger partial charge in [-0.3, -0.25) is 0 Å². The Hall–Kier alpha value is -1.58. The summed E-state index contributed by atoms with van der Waals surface area (Å²) >= 11 is 0. The topological polar surface area (TPSA) is 42.2 Å². The zero-order chi connectivity index (χ0) is 9.97. The van der Waals surface area contributed by atoms with Crippen molar-refractivity contribution in [1.29, 1.82) is 0 Å². The molecule has 0 radical (unpaired) electrons. The smallest absolute Gasteiger partial charge is 0.153 e. The summed E-state index contributed by atoms with van der Waals surface area (Å²) in [6, 6.07) is 3.90. The number of anilines is 1. The average molecular weight is 190 g/mol. The highest BCUT2D eigenvalue weighted by atomic mass is 15.3. The quantitative estimate of drug-likeness (QED) is 0.802. The third-order valence-corrected chi connectivity index (χ3v) is 1.95. The van der Waals surface area contributed by atoms with Crippen LogP contribution in [0, 0.1) is 5.92 Å². The summed E-state index contributed by atoms with van der Waals surface area (Å²) in [5.41, 5.74) is 0.875. The fraction of sp³-hybridized carbons (Fsp3) is 0.400. The molecular weight excluding hydrogens is 176 g/mol. The zero-order valence-electron chi connectivity index (χ0n) is 8.44. The Bertz CT molecular complexity index is 419. The van der Waals surface area contributed by atoms with Crippen molar-refractivity contribution in [3.63, 3.8) is 0 Å². The van der Waals surface area contributed by atoms with Crippen molar-refractivity contribution < 1.29 is 0 Å². The Labute approximate surface area is 83.0 Å². The Morgan fingerprint density at radius 1 is 1.43 bits per heavy atom. The van der Waals surface area contributed by atoms with E-state index in [4.69, 9.17) is 0 Å². The van der Waals surface area contributed by atoms with Crippen LogP contribution in [-0.4, -0.2) is 21.1 Å². The molecule has 14 heavy (non-hydrogen) atoms. The molecule has 1 N–H and O–H groups in total. The highest BCUT2D eigenvalue weighted by Gasteiger charge is 1.98. The normalized spacial score (nSPS) is 11.1. The van der Waals surface area contributed by atoms with E-state index >= 15 is 0 Å². The van der Waals surface area contributed by atoms with Gasteiger partial charge in [-0.2, -0.15) is 0 Å². The molecule has 2 aromatic rings. The first-order valence-electron chi connectivity index (χ1n) is 4.80. The third kappa shape index (κ3) is 1.84. The van der Waals surface area contributed by atoms with Crippen LogP contribution in [0.5, 0.6) is 0 Å². The number of nitrogens with zero attached hydrogens (tertiary/aromatic N) is 3. The summed E-state index contributed by atoms with van der Waals surface area (Å²) in [5, 5.41) is 7.62. The second-order valence-electron chi connectivity index (χ2n) is 3.72. The van der Waals surface area contributed by atoms with Gasteiger partial charge in [0.15, 0.2) is 5.65 Å². The van der Waals surface area contributed by atoms with E-state index in [1.165, 1.54) is 0 Å². The fourth-order valence-electron chi connectivity index (χ4n) is 1.22. The molecule has 0 saturated carbocycles. The highest BCUT2D eigenvalue weighted by molar-refractivity contribution is 5.43. The summed E-state index contributed by atoms with van der Waals surface area (Å²) in [6.45, 7) is 5.28. The predicted octanol–water partition coefficient (Wildman–Crippen LogP) is 1.80. The van der Waals surface area contributed by atoms with Gasteiger partial charge < -0.3 is 5.32 Å². The first-order valence-corrected chi connectivity index (χ1v) is 4.80. The summed E-state index contributed by atoms with van der Waals surface area (Å²) in [4.78, 5) is 4.13. The summed E-state index contributed by atoms with van der Waals surface area (Å²) < 4.78 is 1.77. The van der Waals surface area contributed by atoms with E-state index in [9.17, 15) is 0 Å². The third-order valence-electron chi connectivity index (χ3n) is 1.95. The van der Waals surface area contributed by atoms with E-state index in [0.717, 1.165) is 18.0 Å². The van der Waals surface area contributed by atoms with E-state index in [0.29, 0.717) is 5.92 Å². The number of aromatic nitrogens is 3. The van der Waals surface area contributed by atoms with Crippen molar-refractivity contribution in [2.75, 3.05) is 11.9 Å². The number of hydrogen-bond donors (Lipinski definition) is 1. The number of hydrogen-bond acceptors (Lipinski definition) is 3. The Morgan fingerprint density at radius 3 is 3.07 bits per heavy atom. The van der Waals surface area contributed by atoms with Gasteiger partial charge >= 0.3 is 0 Å². The molecule has 0 amide bonds. The number of rotatable bonds is 3. The maximum atomic E-state index is 4.35. The van der Waals surface area contributed by atoms with E-state index in [1.54, 1.807) is 10.7 Å². The first kappa shape index (κ1) is 8.99.